The Kier molecular flexibility index (Phi) is 4.36. The molecule has 0 saturated carbocycles. The van der Waals surface area contributed by atoms with Crippen molar-refractivity contribution in [3.63, 3.8) is 0 Å². The van der Waals surface area contributed by atoms with Gasteiger partial charge in [0.15, 0.2) is 0 Å². The quantitative estimate of drug-likeness (QED) is 0.866. The van der Waals surface area contributed by atoms with Crippen LogP contribution in [0.25, 0.3) is 0 Å². The van der Waals surface area contributed by atoms with Gasteiger partial charge in [0.2, 0.25) is 0 Å². The summed E-state index contributed by atoms with van der Waals surface area (Å²) in [6.07, 6.45) is 5.22. The van der Waals surface area contributed by atoms with E-state index >= 15 is 0 Å². The Bertz CT molecular complexity index is 365. The maximum absolute atomic E-state index is 3.75. The molecular formula is C16H25N3. The second-order valence-electron chi connectivity index (χ2n) is 5.80. The highest BCUT2D eigenvalue weighted by Gasteiger charge is 2.21. The van der Waals surface area contributed by atoms with Crippen molar-refractivity contribution < 1.29 is 0 Å². The second kappa shape index (κ2) is 6.40. The van der Waals surface area contributed by atoms with Gasteiger partial charge in [-0.25, -0.2) is 0 Å². The van der Waals surface area contributed by atoms with E-state index in [0.717, 1.165) is 6.54 Å². The molecule has 1 aromatic rings. The smallest absolute Gasteiger partial charge is 0.0366 e. The average Bonchev–Trinajstić information content (AvgIpc) is 3.00. The fourth-order valence-electron chi connectivity index (χ4n) is 3.22. The Morgan fingerprint density at radius 1 is 1.11 bits per heavy atom. The molecule has 2 N–H and O–H groups in total. The van der Waals surface area contributed by atoms with Crippen LogP contribution in [0.15, 0.2) is 30.3 Å². The average molecular weight is 259 g/mol. The molecule has 2 saturated heterocycles. The van der Waals surface area contributed by atoms with Crippen molar-refractivity contribution in [2.75, 3.05) is 31.1 Å². The Morgan fingerprint density at radius 3 is 2.58 bits per heavy atom. The van der Waals surface area contributed by atoms with Crippen LogP contribution in [0.5, 0.6) is 0 Å². The number of nitrogens with zero attached hydrogens (tertiary/aromatic N) is 1. The highest BCUT2D eigenvalue weighted by Crippen LogP contribution is 2.19. The topological polar surface area (TPSA) is 27.3 Å². The number of rotatable bonds is 4. The Balaban J connectivity index is 1.42. The zero-order chi connectivity index (χ0) is 12.9. The van der Waals surface area contributed by atoms with Gasteiger partial charge in [0, 0.05) is 37.4 Å². The molecule has 0 aliphatic carbocycles. The van der Waals surface area contributed by atoms with Crippen molar-refractivity contribution in [2.45, 2.75) is 37.8 Å². The summed E-state index contributed by atoms with van der Waals surface area (Å²) in [5.41, 5.74) is 1.37. The molecule has 3 nitrogen and oxygen atoms in total. The number of nitrogens with one attached hydrogen (secondary N) is 2. The summed E-state index contributed by atoms with van der Waals surface area (Å²) in [4.78, 5) is 2.51. The minimum atomic E-state index is 0.711. The van der Waals surface area contributed by atoms with Crippen LogP contribution in [0.1, 0.15) is 25.7 Å². The number of hydrogen-bond donors (Lipinski definition) is 2. The van der Waals surface area contributed by atoms with Gasteiger partial charge in [-0.1, -0.05) is 18.2 Å². The van der Waals surface area contributed by atoms with E-state index in [2.05, 4.69) is 45.9 Å². The van der Waals surface area contributed by atoms with Crippen LogP contribution in [0.4, 0.5) is 5.69 Å². The van der Waals surface area contributed by atoms with Gasteiger partial charge in [-0.15, -0.1) is 0 Å². The first-order valence-electron chi connectivity index (χ1n) is 7.68. The first kappa shape index (κ1) is 12.9. The largest absolute Gasteiger partial charge is 0.371 e. The minimum Gasteiger partial charge on any atom is -0.371 e. The van der Waals surface area contributed by atoms with E-state index < -0.39 is 0 Å². The van der Waals surface area contributed by atoms with Crippen molar-refractivity contribution in [1.29, 1.82) is 0 Å². The molecule has 1 aromatic carbocycles. The molecule has 0 radical (unpaired) electrons. The summed E-state index contributed by atoms with van der Waals surface area (Å²) in [6.45, 7) is 4.72. The lowest BCUT2D eigenvalue weighted by Gasteiger charge is -2.34. The molecule has 0 bridgehead atoms. The zero-order valence-electron chi connectivity index (χ0n) is 11.6. The fraction of sp³-hybridized carbons (Fsp3) is 0.625. The first-order valence-corrected chi connectivity index (χ1v) is 7.68. The van der Waals surface area contributed by atoms with Crippen LogP contribution in [-0.2, 0) is 0 Å². The number of hydrogen-bond acceptors (Lipinski definition) is 3. The Hall–Kier alpha value is -1.06. The Labute approximate surface area is 116 Å². The molecule has 104 valence electrons. The fourth-order valence-corrected chi connectivity index (χ4v) is 3.22. The molecular weight excluding hydrogens is 234 g/mol. The van der Waals surface area contributed by atoms with E-state index in [0.29, 0.717) is 12.1 Å². The molecule has 0 aromatic heterocycles. The monoisotopic (exact) mass is 259 g/mol. The van der Waals surface area contributed by atoms with Crippen LogP contribution in [-0.4, -0.2) is 38.3 Å². The lowest BCUT2D eigenvalue weighted by atomic mass is 10.0. The van der Waals surface area contributed by atoms with Crippen molar-refractivity contribution in [3.05, 3.63) is 30.3 Å². The molecule has 3 rings (SSSR count). The molecule has 0 amide bonds. The van der Waals surface area contributed by atoms with Gasteiger partial charge < -0.3 is 15.5 Å². The van der Waals surface area contributed by atoms with Gasteiger partial charge in [-0.2, -0.15) is 0 Å². The molecule has 2 fully saturated rings. The summed E-state index contributed by atoms with van der Waals surface area (Å²) in [5.74, 6) is 0. The summed E-state index contributed by atoms with van der Waals surface area (Å²) >= 11 is 0. The van der Waals surface area contributed by atoms with Crippen LogP contribution >= 0.6 is 0 Å². The molecule has 19 heavy (non-hydrogen) atoms. The first-order chi connectivity index (χ1) is 9.42. The van der Waals surface area contributed by atoms with Gasteiger partial charge in [0.25, 0.3) is 0 Å². The summed E-state index contributed by atoms with van der Waals surface area (Å²) in [7, 11) is 0. The zero-order valence-corrected chi connectivity index (χ0v) is 11.6. The summed E-state index contributed by atoms with van der Waals surface area (Å²) in [6, 6.07) is 12.2. The predicted molar refractivity (Wildman–Crippen MR) is 80.7 cm³/mol. The van der Waals surface area contributed by atoms with E-state index in [1.54, 1.807) is 0 Å². The lowest BCUT2D eigenvalue weighted by molar-refractivity contribution is 0.393. The molecule has 2 heterocycles. The third-order valence-corrected chi connectivity index (χ3v) is 4.43. The molecule has 2 aliphatic rings. The maximum atomic E-state index is 3.75. The standard InChI is InChI=1S/C16H25N3/c1-2-6-16(7-3-1)19-11-8-14(9-12-19)18-13-15-5-4-10-17-15/h1-3,6-7,14-15,17-18H,4-5,8-13H2. The van der Waals surface area contributed by atoms with E-state index in [1.165, 1.54) is 51.0 Å². The third kappa shape index (κ3) is 3.48. The van der Waals surface area contributed by atoms with Gasteiger partial charge in [-0.05, 0) is 44.4 Å². The highest BCUT2D eigenvalue weighted by molar-refractivity contribution is 5.46. The van der Waals surface area contributed by atoms with E-state index in [1.807, 2.05) is 0 Å². The molecule has 1 atom stereocenters. The predicted octanol–water partition coefficient (Wildman–Crippen LogP) is 2.00. The molecule has 2 aliphatic heterocycles. The maximum Gasteiger partial charge on any atom is 0.0366 e. The molecule has 0 spiro atoms. The normalized spacial score (nSPS) is 24.8. The van der Waals surface area contributed by atoms with Gasteiger partial charge >= 0.3 is 0 Å². The summed E-state index contributed by atoms with van der Waals surface area (Å²) in [5, 5.41) is 7.30. The number of anilines is 1. The van der Waals surface area contributed by atoms with E-state index in [9.17, 15) is 0 Å². The Morgan fingerprint density at radius 2 is 1.89 bits per heavy atom. The van der Waals surface area contributed by atoms with E-state index in [4.69, 9.17) is 0 Å². The van der Waals surface area contributed by atoms with Crippen molar-refractivity contribution in [2.24, 2.45) is 0 Å². The van der Waals surface area contributed by atoms with Crippen LogP contribution in [0, 0.1) is 0 Å². The van der Waals surface area contributed by atoms with Crippen molar-refractivity contribution >= 4 is 5.69 Å². The molecule has 1 unspecified atom stereocenters. The molecule has 3 heteroatoms. The lowest BCUT2D eigenvalue weighted by Crippen LogP contribution is -2.46. The number of para-hydroxylation sites is 1. The highest BCUT2D eigenvalue weighted by atomic mass is 15.1. The van der Waals surface area contributed by atoms with Crippen LogP contribution in [0.3, 0.4) is 0 Å². The van der Waals surface area contributed by atoms with Gasteiger partial charge in [0.05, 0.1) is 0 Å². The van der Waals surface area contributed by atoms with Gasteiger partial charge in [0.1, 0.15) is 0 Å². The SMILES string of the molecule is c1ccc(N2CCC(NCC3CCCN3)CC2)cc1. The summed E-state index contributed by atoms with van der Waals surface area (Å²) < 4.78 is 0. The third-order valence-electron chi connectivity index (χ3n) is 4.43. The van der Waals surface area contributed by atoms with Gasteiger partial charge in [-0.3, -0.25) is 0 Å². The van der Waals surface area contributed by atoms with Crippen molar-refractivity contribution in [3.8, 4) is 0 Å². The minimum absolute atomic E-state index is 0.711. The van der Waals surface area contributed by atoms with Crippen LogP contribution in [0.2, 0.25) is 0 Å². The van der Waals surface area contributed by atoms with E-state index in [-0.39, 0.29) is 0 Å². The number of benzene rings is 1. The number of piperidine rings is 1. The van der Waals surface area contributed by atoms with Crippen LogP contribution < -0.4 is 15.5 Å². The van der Waals surface area contributed by atoms with Crippen molar-refractivity contribution in [1.82, 2.24) is 10.6 Å². The second-order valence-corrected chi connectivity index (χ2v) is 5.80.